The number of aromatic nitrogens is 1. The van der Waals surface area contributed by atoms with E-state index in [2.05, 4.69) is 4.98 Å². The van der Waals surface area contributed by atoms with E-state index < -0.39 is 10.0 Å². The number of anilines is 1. The lowest BCUT2D eigenvalue weighted by atomic mass is 10.2. The smallest absolute Gasteiger partial charge is 0.246 e. The Morgan fingerprint density at radius 2 is 1.90 bits per heavy atom. The fourth-order valence-corrected chi connectivity index (χ4v) is 3.06. The van der Waals surface area contributed by atoms with Crippen molar-refractivity contribution in [3.8, 4) is 5.75 Å². The fraction of sp³-hybridized carbons (Fsp3) is 0.214. The molecule has 0 amide bonds. The second-order valence-corrected chi connectivity index (χ2v) is 6.54. The normalized spacial score (nSPS) is 11.6. The van der Waals surface area contributed by atoms with E-state index in [1.54, 1.807) is 19.2 Å². The number of pyridine rings is 1. The maximum Gasteiger partial charge on any atom is 0.246 e. The van der Waals surface area contributed by atoms with Crippen molar-refractivity contribution < 1.29 is 13.2 Å². The third-order valence-electron chi connectivity index (χ3n) is 3.07. The van der Waals surface area contributed by atoms with Gasteiger partial charge in [-0.05, 0) is 23.8 Å². The molecule has 0 spiro atoms. The molecule has 1 heterocycles. The molecule has 0 aliphatic rings. The lowest BCUT2D eigenvalue weighted by Crippen LogP contribution is -2.27. The fourth-order valence-electron chi connectivity index (χ4n) is 1.85. The molecule has 0 radical (unpaired) electrons. The Hall–Kier alpha value is -2.12. The predicted molar refractivity (Wildman–Crippen MR) is 80.3 cm³/mol. The highest BCUT2D eigenvalue weighted by molar-refractivity contribution is 7.89. The Balaban J connectivity index is 2.22. The SMILES string of the molecule is COc1ccc(CN(C)S(=O)(=O)c2cnccc2N)cc1. The summed E-state index contributed by atoms with van der Waals surface area (Å²) >= 11 is 0. The van der Waals surface area contributed by atoms with Gasteiger partial charge in [-0.25, -0.2) is 8.42 Å². The summed E-state index contributed by atoms with van der Waals surface area (Å²) in [4.78, 5) is 3.84. The average Bonchev–Trinajstić information content (AvgIpc) is 2.48. The van der Waals surface area contributed by atoms with Crippen molar-refractivity contribution in [1.82, 2.24) is 9.29 Å². The van der Waals surface area contributed by atoms with E-state index >= 15 is 0 Å². The second-order valence-electron chi connectivity index (χ2n) is 4.52. The van der Waals surface area contributed by atoms with Gasteiger partial charge in [0.2, 0.25) is 10.0 Å². The topological polar surface area (TPSA) is 85.5 Å². The molecular formula is C14H17N3O3S. The van der Waals surface area contributed by atoms with Gasteiger partial charge in [0.1, 0.15) is 10.6 Å². The average molecular weight is 307 g/mol. The minimum absolute atomic E-state index is 0.0148. The van der Waals surface area contributed by atoms with E-state index in [9.17, 15) is 8.42 Å². The van der Waals surface area contributed by atoms with Crippen molar-refractivity contribution in [2.45, 2.75) is 11.4 Å². The van der Waals surface area contributed by atoms with Crippen molar-refractivity contribution in [2.75, 3.05) is 19.9 Å². The zero-order chi connectivity index (χ0) is 15.5. The number of nitrogens with two attached hydrogens (primary N) is 1. The van der Waals surface area contributed by atoms with Crippen LogP contribution in [0, 0.1) is 0 Å². The molecule has 6 nitrogen and oxygen atoms in total. The standard InChI is InChI=1S/C14H17N3O3S/c1-17(10-11-3-5-12(20-2)6-4-11)21(18,19)14-9-16-8-7-13(14)15/h3-9H,10H2,1-2H3,(H2,15,16). The highest BCUT2D eigenvalue weighted by Crippen LogP contribution is 2.21. The summed E-state index contributed by atoms with van der Waals surface area (Å²) in [6.07, 6.45) is 2.72. The first-order chi connectivity index (χ1) is 9.95. The van der Waals surface area contributed by atoms with Crippen molar-refractivity contribution in [2.24, 2.45) is 0 Å². The van der Waals surface area contributed by atoms with Gasteiger partial charge in [-0.3, -0.25) is 4.98 Å². The van der Waals surface area contributed by atoms with E-state index in [1.807, 2.05) is 12.1 Å². The molecule has 0 bridgehead atoms. The monoisotopic (exact) mass is 307 g/mol. The molecule has 7 heteroatoms. The Bertz CT molecular complexity index is 714. The summed E-state index contributed by atoms with van der Waals surface area (Å²) in [6, 6.07) is 8.67. The molecule has 2 aromatic rings. The van der Waals surface area contributed by atoms with Gasteiger partial charge < -0.3 is 10.5 Å². The first-order valence-electron chi connectivity index (χ1n) is 6.24. The van der Waals surface area contributed by atoms with Crippen LogP contribution in [0.3, 0.4) is 0 Å². The van der Waals surface area contributed by atoms with Crippen LogP contribution >= 0.6 is 0 Å². The van der Waals surface area contributed by atoms with Gasteiger partial charge in [-0.15, -0.1) is 0 Å². The first-order valence-corrected chi connectivity index (χ1v) is 7.68. The molecule has 1 aromatic carbocycles. The second kappa shape index (κ2) is 6.11. The Kier molecular flexibility index (Phi) is 4.44. The third-order valence-corrected chi connectivity index (χ3v) is 4.92. The lowest BCUT2D eigenvalue weighted by Gasteiger charge is -2.18. The number of nitrogens with zero attached hydrogens (tertiary/aromatic N) is 2. The summed E-state index contributed by atoms with van der Waals surface area (Å²) in [5.41, 5.74) is 6.75. The summed E-state index contributed by atoms with van der Waals surface area (Å²) < 4.78 is 31.2. The summed E-state index contributed by atoms with van der Waals surface area (Å²) in [6.45, 7) is 0.237. The van der Waals surface area contributed by atoms with Gasteiger partial charge in [0.15, 0.2) is 0 Å². The Labute approximate surface area is 124 Å². The van der Waals surface area contributed by atoms with Gasteiger partial charge in [0.05, 0.1) is 12.8 Å². The number of benzene rings is 1. The number of rotatable bonds is 5. The van der Waals surface area contributed by atoms with Crippen LogP contribution in [-0.2, 0) is 16.6 Å². The minimum Gasteiger partial charge on any atom is -0.497 e. The highest BCUT2D eigenvalue weighted by atomic mass is 32.2. The minimum atomic E-state index is -3.67. The molecule has 0 atom stereocenters. The van der Waals surface area contributed by atoms with Crippen molar-refractivity contribution in [3.05, 3.63) is 48.3 Å². The van der Waals surface area contributed by atoms with Gasteiger partial charge in [0.25, 0.3) is 0 Å². The number of ether oxygens (including phenoxy) is 1. The number of hydrogen-bond acceptors (Lipinski definition) is 5. The summed E-state index contributed by atoms with van der Waals surface area (Å²) in [5.74, 6) is 0.723. The van der Waals surface area contributed by atoms with Gasteiger partial charge >= 0.3 is 0 Å². The van der Waals surface area contributed by atoms with E-state index in [-0.39, 0.29) is 17.1 Å². The van der Waals surface area contributed by atoms with E-state index in [4.69, 9.17) is 10.5 Å². The van der Waals surface area contributed by atoms with Crippen molar-refractivity contribution in [1.29, 1.82) is 0 Å². The van der Waals surface area contributed by atoms with Crippen LogP contribution < -0.4 is 10.5 Å². The van der Waals surface area contributed by atoms with Crippen molar-refractivity contribution >= 4 is 15.7 Å². The summed E-state index contributed by atoms with van der Waals surface area (Å²) in [7, 11) is -0.583. The molecule has 1 aromatic heterocycles. The molecule has 0 fully saturated rings. The number of methoxy groups -OCH3 is 1. The number of nitrogen functional groups attached to an aromatic ring is 1. The number of sulfonamides is 1. The molecule has 112 valence electrons. The lowest BCUT2D eigenvalue weighted by molar-refractivity contribution is 0.414. The predicted octanol–water partition coefficient (Wildman–Crippen LogP) is 1.49. The maximum absolute atomic E-state index is 12.5. The highest BCUT2D eigenvalue weighted by Gasteiger charge is 2.23. The summed E-state index contributed by atoms with van der Waals surface area (Å²) in [5, 5.41) is 0. The zero-order valence-corrected chi connectivity index (χ0v) is 12.7. The van der Waals surface area contributed by atoms with E-state index in [0.717, 1.165) is 11.3 Å². The van der Waals surface area contributed by atoms with Crippen LogP contribution in [0.4, 0.5) is 5.69 Å². The van der Waals surface area contributed by atoms with Crippen LogP contribution in [0.1, 0.15) is 5.56 Å². The molecular weight excluding hydrogens is 290 g/mol. The molecule has 0 aliphatic heterocycles. The molecule has 0 saturated heterocycles. The zero-order valence-electron chi connectivity index (χ0n) is 11.9. The van der Waals surface area contributed by atoms with Crippen molar-refractivity contribution in [3.63, 3.8) is 0 Å². The Morgan fingerprint density at radius 1 is 1.24 bits per heavy atom. The van der Waals surface area contributed by atoms with Gasteiger partial charge in [-0.2, -0.15) is 4.31 Å². The Morgan fingerprint density at radius 3 is 2.48 bits per heavy atom. The molecule has 0 unspecified atom stereocenters. The van der Waals surface area contributed by atoms with Crippen LogP contribution in [0.15, 0.2) is 47.6 Å². The van der Waals surface area contributed by atoms with E-state index in [0.29, 0.717) is 0 Å². The van der Waals surface area contributed by atoms with Crippen LogP contribution in [0.2, 0.25) is 0 Å². The van der Waals surface area contributed by atoms with Crippen LogP contribution in [0.25, 0.3) is 0 Å². The van der Waals surface area contributed by atoms with Gasteiger partial charge in [0, 0.05) is 26.0 Å². The van der Waals surface area contributed by atoms with Crippen LogP contribution in [-0.4, -0.2) is 31.9 Å². The van der Waals surface area contributed by atoms with E-state index in [1.165, 1.54) is 29.8 Å². The molecule has 2 rings (SSSR count). The molecule has 0 aliphatic carbocycles. The molecule has 0 saturated carbocycles. The number of hydrogen-bond donors (Lipinski definition) is 1. The molecule has 21 heavy (non-hydrogen) atoms. The first kappa shape index (κ1) is 15.3. The maximum atomic E-state index is 12.5. The van der Waals surface area contributed by atoms with Crippen LogP contribution in [0.5, 0.6) is 5.75 Å². The van der Waals surface area contributed by atoms with Gasteiger partial charge in [-0.1, -0.05) is 12.1 Å². The largest absolute Gasteiger partial charge is 0.497 e. The quantitative estimate of drug-likeness (QED) is 0.904. The third kappa shape index (κ3) is 3.32. The molecule has 2 N–H and O–H groups in total.